The molecule has 80 valence electrons. The van der Waals surface area contributed by atoms with Crippen LogP contribution in [0.2, 0.25) is 0 Å². The van der Waals surface area contributed by atoms with Crippen molar-refractivity contribution >= 4 is 32.5 Å². The van der Waals surface area contributed by atoms with Gasteiger partial charge in [-0.3, -0.25) is 0 Å². The van der Waals surface area contributed by atoms with Crippen LogP contribution in [-0.4, -0.2) is 29.3 Å². The van der Waals surface area contributed by atoms with Crippen LogP contribution in [-0.2, 0) is 20.0 Å². The van der Waals surface area contributed by atoms with Crippen LogP contribution >= 0.6 is 0 Å². The number of sulfonamides is 2. The molecule has 0 aliphatic carbocycles. The first-order valence-electron chi connectivity index (χ1n) is 3.51. The van der Waals surface area contributed by atoms with Gasteiger partial charge in [0.15, 0.2) is 0 Å². The maximum atomic E-state index is 10.9. The lowest BCUT2D eigenvalue weighted by Gasteiger charge is -1.88. The third-order valence-corrected chi connectivity index (χ3v) is 3.05. The molecule has 14 heavy (non-hydrogen) atoms. The summed E-state index contributed by atoms with van der Waals surface area (Å²) in [7, 11) is -7.69. The molecule has 0 aromatic heterocycles. The van der Waals surface area contributed by atoms with E-state index in [1.807, 2.05) is 0 Å². The molecule has 0 aromatic carbocycles. The topological polar surface area (TPSA) is 93.0 Å². The highest BCUT2D eigenvalue weighted by molar-refractivity contribution is 7.96. The Kier molecular flexibility index (Phi) is 4.64. The summed E-state index contributed by atoms with van der Waals surface area (Å²) in [6, 6.07) is 0. The standard InChI is InChI=1S/C6H10N2O4S2/c1-3-7-13(9,10)5-6-14(11,12)8-4-2/h3-6H,1-2H3/b6-5+,7-3+,8-4+. The van der Waals surface area contributed by atoms with Crippen molar-refractivity contribution in [2.24, 2.45) is 8.80 Å². The minimum absolute atomic E-state index is 0.481. The van der Waals surface area contributed by atoms with Gasteiger partial charge in [0.25, 0.3) is 20.0 Å². The van der Waals surface area contributed by atoms with Gasteiger partial charge in [-0.1, -0.05) is 0 Å². The van der Waals surface area contributed by atoms with E-state index in [2.05, 4.69) is 8.80 Å². The Morgan fingerprint density at radius 3 is 1.29 bits per heavy atom. The summed E-state index contributed by atoms with van der Waals surface area (Å²) >= 11 is 0. The quantitative estimate of drug-likeness (QED) is 0.658. The van der Waals surface area contributed by atoms with Crippen LogP contribution in [0.25, 0.3) is 0 Å². The fourth-order valence-electron chi connectivity index (χ4n) is 0.505. The minimum Gasteiger partial charge on any atom is -0.200 e. The summed E-state index contributed by atoms with van der Waals surface area (Å²) in [5.74, 6) is 0. The van der Waals surface area contributed by atoms with Crippen molar-refractivity contribution in [1.82, 2.24) is 0 Å². The molecular weight excluding hydrogens is 228 g/mol. The maximum Gasteiger partial charge on any atom is 0.275 e. The van der Waals surface area contributed by atoms with Gasteiger partial charge in [-0.25, -0.2) is 0 Å². The smallest absolute Gasteiger partial charge is 0.200 e. The Bertz CT molecular complexity index is 412. The van der Waals surface area contributed by atoms with Gasteiger partial charge in [0.2, 0.25) is 0 Å². The summed E-state index contributed by atoms with van der Waals surface area (Å²) in [6.07, 6.45) is 2.10. The minimum atomic E-state index is -3.85. The van der Waals surface area contributed by atoms with Crippen LogP contribution in [0.1, 0.15) is 13.8 Å². The van der Waals surface area contributed by atoms with Crippen LogP contribution in [0.4, 0.5) is 0 Å². The van der Waals surface area contributed by atoms with Crippen molar-refractivity contribution in [2.75, 3.05) is 0 Å². The average molecular weight is 238 g/mol. The number of hydrogen-bond acceptors (Lipinski definition) is 4. The Labute approximate surface area is 83.2 Å². The second-order valence-electron chi connectivity index (χ2n) is 2.03. The Morgan fingerprint density at radius 2 is 1.07 bits per heavy atom. The van der Waals surface area contributed by atoms with Gasteiger partial charge in [0, 0.05) is 12.4 Å². The Morgan fingerprint density at radius 1 is 0.786 bits per heavy atom. The van der Waals surface area contributed by atoms with Crippen molar-refractivity contribution < 1.29 is 16.8 Å². The summed E-state index contributed by atoms with van der Waals surface area (Å²) < 4.78 is 49.6. The van der Waals surface area contributed by atoms with Gasteiger partial charge in [0.1, 0.15) is 0 Å². The molecule has 0 atom stereocenters. The molecule has 0 heterocycles. The molecule has 0 aromatic rings. The molecule has 0 aliphatic heterocycles. The van der Waals surface area contributed by atoms with E-state index >= 15 is 0 Å². The maximum absolute atomic E-state index is 10.9. The van der Waals surface area contributed by atoms with E-state index in [9.17, 15) is 16.8 Å². The third kappa shape index (κ3) is 5.60. The molecule has 0 rings (SSSR count). The average Bonchev–Trinajstić information content (AvgIpc) is 2.01. The van der Waals surface area contributed by atoms with Crippen molar-refractivity contribution in [3.63, 3.8) is 0 Å². The van der Waals surface area contributed by atoms with E-state index < -0.39 is 20.0 Å². The largest absolute Gasteiger partial charge is 0.275 e. The molecule has 0 spiro atoms. The highest BCUT2D eigenvalue weighted by atomic mass is 32.2. The molecule has 8 heteroatoms. The molecule has 0 fully saturated rings. The molecule has 0 saturated heterocycles. The summed E-state index contributed by atoms with van der Waals surface area (Å²) in [5, 5.41) is 0.963. The molecule has 6 nitrogen and oxygen atoms in total. The SMILES string of the molecule is C/C=N/S(=O)(=O)/C=C/S(=O)(=O)/N=C/C. The van der Waals surface area contributed by atoms with Gasteiger partial charge in [-0.05, 0) is 13.8 Å². The molecule has 0 amide bonds. The van der Waals surface area contributed by atoms with Crippen molar-refractivity contribution in [1.29, 1.82) is 0 Å². The molecule has 0 bridgehead atoms. The Balaban J connectivity index is 4.97. The predicted molar refractivity (Wildman–Crippen MR) is 55.3 cm³/mol. The van der Waals surface area contributed by atoms with Gasteiger partial charge < -0.3 is 0 Å². The first-order valence-corrected chi connectivity index (χ1v) is 6.51. The van der Waals surface area contributed by atoms with E-state index in [4.69, 9.17) is 0 Å². The fourth-order valence-corrected chi connectivity index (χ4v) is 2.36. The van der Waals surface area contributed by atoms with Crippen LogP contribution in [0.5, 0.6) is 0 Å². The molecule has 0 radical (unpaired) electrons. The van der Waals surface area contributed by atoms with E-state index in [0.29, 0.717) is 10.8 Å². The Hall–Kier alpha value is -1.02. The van der Waals surface area contributed by atoms with Gasteiger partial charge in [0.05, 0.1) is 10.8 Å². The number of rotatable bonds is 4. The molecule has 0 aliphatic rings. The van der Waals surface area contributed by atoms with Gasteiger partial charge in [-0.15, -0.1) is 0 Å². The van der Waals surface area contributed by atoms with Crippen LogP contribution in [0, 0.1) is 0 Å². The normalized spacial score (nSPS) is 14.7. The summed E-state index contributed by atoms with van der Waals surface area (Å²) in [5.41, 5.74) is 0. The third-order valence-electron chi connectivity index (χ3n) is 0.904. The summed E-state index contributed by atoms with van der Waals surface area (Å²) in [4.78, 5) is 0. The highest BCUT2D eigenvalue weighted by Gasteiger charge is 2.05. The zero-order chi connectivity index (χ0) is 11.2. The van der Waals surface area contributed by atoms with Crippen LogP contribution in [0.3, 0.4) is 0 Å². The lowest BCUT2D eigenvalue weighted by molar-refractivity contribution is 0.602. The van der Waals surface area contributed by atoms with Crippen molar-refractivity contribution in [3.05, 3.63) is 10.8 Å². The first kappa shape index (κ1) is 13.0. The molecule has 0 saturated carbocycles. The molecular formula is C6H10N2O4S2. The first-order chi connectivity index (χ1) is 6.33. The lowest BCUT2D eigenvalue weighted by Crippen LogP contribution is -1.94. The summed E-state index contributed by atoms with van der Waals surface area (Å²) in [6.45, 7) is 2.81. The van der Waals surface area contributed by atoms with Crippen molar-refractivity contribution in [2.45, 2.75) is 13.8 Å². The van der Waals surface area contributed by atoms with Gasteiger partial charge in [-0.2, -0.15) is 25.6 Å². The zero-order valence-electron chi connectivity index (χ0n) is 7.65. The van der Waals surface area contributed by atoms with E-state index in [-0.39, 0.29) is 0 Å². The van der Waals surface area contributed by atoms with Gasteiger partial charge >= 0.3 is 0 Å². The second-order valence-corrected chi connectivity index (χ2v) is 5.06. The second kappa shape index (κ2) is 5.01. The zero-order valence-corrected chi connectivity index (χ0v) is 9.29. The van der Waals surface area contributed by atoms with E-state index in [0.717, 1.165) is 12.4 Å². The molecule has 0 unspecified atom stereocenters. The van der Waals surface area contributed by atoms with Crippen molar-refractivity contribution in [3.8, 4) is 0 Å². The predicted octanol–water partition coefficient (Wildman–Crippen LogP) is 0.299. The monoisotopic (exact) mass is 238 g/mol. The fraction of sp³-hybridized carbons (Fsp3) is 0.333. The van der Waals surface area contributed by atoms with Crippen LogP contribution < -0.4 is 0 Å². The molecule has 0 N–H and O–H groups in total. The number of nitrogens with zero attached hydrogens (tertiary/aromatic N) is 2. The highest BCUT2D eigenvalue weighted by Crippen LogP contribution is 1.99. The van der Waals surface area contributed by atoms with Crippen LogP contribution in [0.15, 0.2) is 19.6 Å². The lowest BCUT2D eigenvalue weighted by atomic mass is 10.9. The van der Waals surface area contributed by atoms with E-state index in [1.54, 1.807) is 0 Å². The number of hydrogen-bond donors (Lipinski definition) is 0. The van der Waals surface area contributed by atoms with E-state index in [1.165, 1.54) is 13.8 Å².